The lowest BCUT2D eigenvalue weighted by atomic mass is 9.88. The number of benzene rings is 1. The lowest BCUT2D eigenvalue weighted by Gasteiger charge is -2.18. The molecular weight excluding hydrogens is 222 g/mol. The second-order valence-corrected chi connectivity index (χ2v) is 5.05. The van der Waals surface area contributed by atoms with Crippen LogP contribution in [0.1, 0.15) is 45.1 Å². The molecule has 0 spiro atoms. The smallest absolute Gasteiger partial charge is 0.247 e. The van der Waals surface area contributed by atoms with E-state index in [0.717, 1.165) is 12.1 Å². The maximum absolute atomic E-state index is 11.2. The van der Waals surface area contributed by atoms with E-state index in [0.29, 0.717) is 11.8 Å². The summed E-state index contributed by atoms with van der Waals surface area (Å²) in [6, 6.07) is 8.13. The zero-order chi connectivity index (χ0) is 13.5. The predicted molar refractivity (Wildman–Crippen MR) is 77.8 cm³/mol. The van der Waals surface area contributed by atoms with E-state index in [2.05, 4.69) is 44.8 Å². The molecule has 0 heterocycles. The van der Waals surface area contributed by atoms with Crippen molar-refractivity contribution < 1.29 is 4.79 Å². The second-order valence-electron chi connectivity index (χ2n) is 5.05. The molecule has 1 atom stereocenters. The third kappa shape index (κ3) is 4.36. The SMILES string of the molecule is C=CC(=O)Nc1ccc(C(CC)CC(C)C)cc1. The molecule has 0 aliphatic carbocycles. The summed E-state index contributed by atoms with van der Waals surface area (Å²) in [5, 5.41) is 2.76. The van der Waals surface area contributed by atoms with E-state index in [-0.39, 0.29) is 5.91 Å². The highest BCUT2D eigenvalue weighted by Gasteiger charge is 2.11. The molecule has 0 aliphatic rings. The summed E-state index contributed by atoms with van der Waals surface area (Å²) in [5.74, 6) is 1.14. The van der Waals surface area contributed by atoms with Crippen molar-refractivity contribution in [3.05, 3.63) is 42.5 Å². The van der Waals surface area contributed by atoms with Crippen LogP contribution in [0.5, 0.6) is 0 Å². The molecule has 0 bridgehead atoms. The highest BCUT2D eigenvalue weighted by Crippen LogP contribution is 2.27. The Bertz CT molecular complexity index is 392. The Labute approximate surface area is 110 Å². The van der Waals surface area contributed by atoms with Crippen molar-refractivity contribution in [2.24, 2.45) is 5.92 Å². The van der Waals surface area contributed by atoms with Gasteiger partial charge in [-0.1, -0.05) is 39.5 Å². The van der Waals surface area contributed by atoms with Crippen molar-refractivity contribution in [2.75, 3.05) is 5.32 Å². The van der Waals surface area contributed by atoms with Crippen molar-refractivity contribution in [3.63, 3.8) is 0 Å². The van der Waals surface area contributed by atoms with Crippen LogP contribution in [0.2, 0.25) is 0 Å². The summed E-state index contributed by atoms with van der Waals surface area (Å²) in [7, 11) is 0. The maximum atomic E-state index is 11.2. The van der Waals surface area contributed by atoms with Gasteiger partial charge >= 0.3 is 0 Å². The number of hydrogen-bond acceptors (Lipinski definition) is 1. The van der Waals surface area contributed by atoms with Crippen LogP contribution in [0.15, 0.2) is 36.9 Å². The normalized spacial score (nSPS) is 12.2. The average molecular weight is 245 g/mol. The Morgan fingerprint density at radius 2 is 1.94 bits per heavy atom. The predicted octanol–water partition coefficient (Wildman–Crippen LogP) is 4.35. The number of carbonyl (C=O) groups is 1. The third-order valence-electron chi connectivity index (χ3n) is 3.08. The third-order valence-corrected chi connectivity index (χ3v) is 3.08. The first kappa shape index (κ1) is 14.5. The van der Waals surface area contributed by atoms with Crippen LogP contribution in [0.25, 0.3) is 0 Å². The largest absolute Gasteiger partial charge is 0.323 e. The molecule has 1 N–H and O–H groups in total. The highest BCUT2D eigenvalue weighted by atomic mass is 16.1. The summed E-state index contributed by atoms with van der Waals surface area (Å²) in [6.07, 6.45) is 3.63. The average Bonchev–Trinajstić information content (AvgIpc) is 2.36. The van der Waals surface area contributed by atoms with Crippen molar-refractivity contribution in [1.29, 1.82) is 0 Å². The van der Waals surface area contributed by atoms with Crippen LogP contribution in [0, 0.1) is 5.92 Å². The van der Waals surface area contributed by atoms with Crippen LogP contribution in [0.4, 0.5) is 5.69 Å². The molecule has 98 valence electrons. The van der Waals surface area contributed by atoms with E-state index in [1.165, 1.54) is 18.1 Å². The number of anilines is 1. The lowest BCUT2D eigenvalue weighted by molar-refractivity contribution is -0.111. The molecular formula is C16H23NO. The lowest BCUT2D eigenvalue weighted by Crippen LogP contribution is -2.07. The Hall–Kier alpha value is -1.57. The van der Waals surface area contributed by atoms with Crippen LogP contribution < -0.4 is 5.32 Å². The van der Waals surface area contributed by atoms with E-state index in [4.69, 9.17) is 0 Å². The molecule has 2 heteroatoms. The van der Waals surface area contributed by atoms with Crippen molar-refractivity contribution in [2.45, 2.75) is 39.5 Å². The Balaban J connectivity index is 2.74. The first-order valence-electron chi connectivity index (χ1n) is 6.60. The molecule has 0 aliphatic heterocycles. The first-order valence-corrected chi connectivity index (χ1v) is 6.60. The topological polar surface area (TPSA) is 29.1 Å². The van der Waals surface area contributed by atoms with Gasteiger partial charge < -0.3 is 5.32 Å². The van der Waals surface area contributed by atoms with Crippen LogP contribution in [0.3, 0.4) is 0 Å². The molecule has 0 fully saturated rings. The van der Waals surface area contributed by atoms with E-state index in [1.807, 2.05) is 12.1 Å². The molecule has 1 aromatic carbocycles. The zero-order valence-electron chi connectivity index (χ0n) is 11.6. The van der Waals surface area contributed by atoms with E-state index in [1.54, 1.807) is 0 Å². The van der Waals surface area contributed by atoms with Gasteiger partial charge in [0.25, 0.3) is 0 Å². The minimum Gasteiger partial charge on any atom is -0.323 e. The first-order chi connectivity index (χ1) is 8.56. The summed E-state index contributed by atoms with van der Waals surface area (Å²) >= 11 is 0. The van der Waals surface area contributed by atoms with Gasteiger partial charge in [-0.15, -0.1) is 0 Å². The van der Waals surface area contributed by atoms with Gasteiger partial charge in [0.1, 0.15) is 0 Å². The maximum Gasteiger partial charge on any atom is 0.247 e. The van der Waals surface area contributed by atoms with Crippen LogP contribution >= 0.6 is 0 Å². The molecule has 0 aromatic heterocycles. The Morgan fingerprint density at radius 3 is 2.39 bits per heavy atom. The fraction of sp³-hybridized carbons (Fsp3) is 0.438. The standard InChI is InChI=1S/C16H23NO/c1-5-13(11-12(3)4)14-7-9-15(10-8-14)17-16(18)6-2/h6-10,12-13H,2,5,11H2,1,3-4H3,(H,17,18). The molecule has 18 heavy (non-hydrogen) atoms. The van der Waals surface area contributed by atoms with Crippen molar-refractivity contribution >= 4 is 11.6 Å². The Kier molecular flexibility index (Phi) is 5.63. The summed E-state index contributed by atoms with van der Waals surface area (Å²) in [6.45, 7) is 10.2. The molecule has 1 unspecified atom stereocenters. The van der Waals surface area contributed by atoms with Gasteiger partial charge in [0.05, 0.1) is 0 Å². The number of amides is 1. The highest BCUT2D eigenvalue weighted by molar-refractivity contribution is 5.98. The van der Waals surface area contributed by atoms with Crippen molar-refractivity contribution in [3.8, 4) is 0 Å². The van der Waals surface area contributed by atoms with Crippen LogP contribution in [-0.4, -0.2) is 5.91 Å². The van der Waals surface area contributed by atoms with E-state index >= 15 is 0 Å². The number of nitrogens with one attached hydrogen (secondary N) is 1. The quantitative estimate of drug-likeness (QED) is 0.742. The molecule has 1 aromatic rings. The van der Waals surface area contributed by atoms with Gasteiger partial charge in [-0.25, -0.2) is 0 Å². The van der Waals surface area contributed by atoms with Crippen molar-refractivity contribution in [1.82, 2.24) is 0 Å². The minimum atomic E-state index is -0.169. The van der Waals surface area contributed by atoms with Gasteiger partial charge in [-0.3, -0.25) is 4.79 Å². The second kappa shape index (κ2) is 7.00. The van der Waals surface area contributed by atoms with E-state index in [9.17, 15) is 4.79 Å². The van der Waals surface area contributed by atoms with Gasteiger partial charge in [-0.2, -0.15) is 0 Å². The molecule has 2 nitrogen and oxygen atoms in total. The number of hydrogen-bond donors (Lipinski definition) is 1. The zero-order valence-corrected chi connectivity index (χ0v) is 11.6. The monoisotopic (exact) mass is 245 g/mol. The number of carbonyl (C=O) groups excluding carboxylic acids is 1. The van der Waals surface area contributed by atoms with Gasteiger partial charge in [0, 0.05) is 5.69 Å². The fourth-order valence-electron chi connectivity index (χ4n) is 2.14. The summed E-state index contributed by atoms with van der Waals surface area (Å²) < 4.78 is 0. The fourth-order valence-corrected chi connectivity index (χ4v) is 2.14. The molecule has 0 saturated heterocycles. The van der Waals surface area contributed by atoms with Crippen LogP contribution in [-0.2, 0) is 4.79 Å². The minimum absolute atomic E-state index is 0.169. The number of rotatable bonds is 6. The summed E-state index contributed by atoms with van der Waals surface area (Å²) in [5.41, 5.74) is 2.17. The molecule has 1 amide bonds. The molecule has 1 rings (SSSR count). The molecule has 0 saturated carbocycles. The van der Waals surface area contributed by atoms with Gasteiger partial charge in [-0.05, 0) is 48.4 Å². The summed E-state index contributed by atoms with van der Waals surface area (Å²) in [4.78, 5) is 11.2. The van der Waals surface area contributed by atoms with Gasteiger partial charge in [0.15, 0.2) is 0 Å². The van der Waals surface area contributed by atoms with E-state index < -0.39 is 0 Å². The molecule has 0 radical (unpaired) electrons. The van der Waals surface area contributed by atoms with Gasteiger partial charge in [0.2, 0.25) is 5.91 Å². The Morgan fingerprint density at radius 1 is 1.33 bits per heavy atom.